The Morgan fingerprint density at radius 1 is 1.15 bits per heavy atom. The number of benzene rings is 1. The number of aromatic nitrogens is 3. The number of nitrogens with zero attached hydrogens (tertiary/aromatic N) is 5. The molecule has 0 atom stereocenters. The smallest absolute Gasteiger partial charge is 0.278 e. The van der Waals surface area contributed by atoms with Crippen molar-refractivity contribution in [3.05, 3.63) is 53.3 Å². The van der Waals surface area contributed by atoms with E-state index in [4.69, 9.17) is 4.74 Å². The Morgan fingerprint density at radius 2 is 1.95 bits per heavy atom. The summed E-state index contributed by atoms with van der Waals surface area (Å²) in [6.07, 6.45) is 11.1. The van der Waals surface area contributed by atoms with Gasteiger partial charge in [-0.25, -0.2) is 18.8 Å². The van der Waals surface area contributed by atoms with Crippen LogP contribution in [0.1, 0.15) is 60.6 Å². The molecule has 0 bridgehead atoms. The third kappa shape index (κ3) is 7.47. The number of aryl methyl sites for hydroxylation is 1. The number of halogens is 2. The molecule has 7 nitrogen and oxygen atoms in total. The number of aliphatic imine (C=N–C) groups is 1. The van der Waals surface area contributed by atoms with Crippen LogP contribution in [0.2, 0.25) is 0 Å². The van der Waals surface area contributed by atoms with Crippen molar-refractivity contribution in [1.82, 2.24) is 19.7 Å². The fourth-order valence-corrected chi connectivity index (χ4v) is 5.62. The van der Waals surface area contributed by atoms with Crippen LogP contribution in [-0.2, 0) is 19.9 Å². The van der Waals surface area contributed by atoms with Crippen molar-refractivity contribution >= 4 is 23.0 Å². The molecule has 2 aliphatic rings. The molecular weight excluding hydrogens is 500 g/mol. The van der Waals surface area contributed by atoms with Gasteiger partial charge in [-0.05, 0) is 74.6 Å². The Bertz CT molecular complexity index is 1320. The van der Waals surface area contributed by atoms with Crippen molar-refractivity contribution in [1.29, 1.82) is 0 Å². The van der Waals surface area contributed by atoms with E-state index in [-0.39, 0.29) is 11.8 Å². The number of pyridine rings is 1. The third-order valence-electron chi connectivity index (χ3n) is 7.89. The van der Waals surface area contributed by atoms with Crippen LogP contribution in [-0.4, -0.2) is 63.9 Å². The van der Waals surface area contributed by atoms with Gasteiger partial charge >= 0.3 is 0 Å². The van der Waals surface area contributed by atoms with E-state index in [9.17, 15) is 13.6 Å². The first-order chi connectivity index (χ1) is 18.7. The fraction of sp³-hybridized carbons (Fsp3) is 0.533. The standard InChI is InChI=1S/C30H37F2N5O2/c1-30(31,32)20-39-28-10-9-23-12-15-37(16-13-26(23)34-28)14-11-21-3-5-22(6-4-21)18-33-29(38)24-7-8-25-19-36(2)35-27(25)17-24/h7-10,17-19,21-22H,3-6,11-16,20H2,1-2H3. The van der Waals surface area contributed by atoms with Gasteiger partial charge in [0.2, 0.25) is 5.88 Å². The second-order valence-electron chi connectivity index (χ2n) is 11.2. The Hall–Kier alpha value is -3.20. The van der Waals surface area contributed by atoms with Gasteiger partial charge in [-0.15, -0.1) is 0 Å². The highest BCUT2D eigenvalue weighted by Gasteiger charge is 2.24. The molecule has 0 saturated heterocycles. The molecular formula is C30H37F2N5O2. The van der Waals surface area contributed by atoms with E-state index < -0.39 is 12.5 Å². The molecule has 3 heterocycles. The number of fused-ring (bicyclic) bond motifs is 2. The van der Waals surface area contributed by atoms with Crippen molar-refractivity contribution in [2.45, 2.75) is 57.8 Å². The maximum atomic E-state index is 13.1. The summed E-state index contributed by atoms with van der Waals surface area (Å²) >= 11 is 0. The summed E-state index contributed by atoms with van der Waals surface area (Å²) in [4.78, 5) is 23.9. The maximum Gasteiger partial charge on any atom is 0.278 e. The summed E-state index contributed by atoms with van der Waals surface area (Å²) in [5.41, 5.74) is 3.53. The molecule has 1 saturated carbocycles. The lowest BCUT2D eigenvalue weighted by Crippen LogP contribution is -2.29. The molecule has 1 aromatic carbocycles. The Morgan fingerprint density at radius 3 is 2.74 bits per heavy atom. The first-order valence-corrected chi connectivity index (χ1v) is 14.0. The molecule has 5 rings (SSSR count). The molecule has 1 fully saturated rings. The van der Waals surface area contributed by atoms with Crippen LogP contribution >= 0.6 is 0 Å². The monoisotopic (exact) mass is 537 g/mol. The number of rotatable bonds is 8. The molecule has 1 amide bonds. The molecule has 0 unspecified atom stereocenters. The molecule has 0 spiro atoms. The number of carbonyl (C=O) groups is 1. The van der Waals surface area contributed by atoms with Gasteiger partial charge in [0.15, 0.2) is 6.61 Å². The van der Waals surface area contributed by atoms with Gasteiger partial charge in [0.1, 0.15) is 0 Å². The Labute approximate surface area is 228 Å². The predicted molar refractivity (Wildman–Crippen MR) is 148 cm³/mol. The molecule has 208 valence electrons. The van der Waals surface area contributed by atoms with Gasteiger partial charge in [0.25, 0.3) is 11.8 Å². The van der Waals surface area contributed by atoms with E-state index in [0.717, 1.165) is 88.1 Å². The number of ether oxygens (including phenoxy) is 1. The SMILES string of the molecule is Cn1cc2ccc(C(=O)N=CC3CCC(CCN4CCc5ccc(OCC(C)(F)F)nc5CC4)CC3)cc2n1. The van der Waals surface area contributed by atoms with Gasteiger partial charge in [-0.2, -0.15) is 5.10 Å². The largest absolute Gasteiger partial charge is 0.471 e. The highest BCUT2D eigenvalue weighted by molar-refractivity contribution is 6.01. The first-order valence-electron chi connectivity index (χ1n) is 14.0. The van der Waals surface area contributed by atoms with Gasteiger partial charge in [0, 0.05) is 68.6 Å². The summed E-state index contributed by atoms with van der Waals surface area (Å²) in [5.74, 6) is -1.75. The van der Waals surface area contributed by atoms with Crippen molar-refractivity contribution in [2.75, 3.05) is 26.2 Å². The second-order valence-corrected chi connectivity index (χ2v) is 11.2. The van der Waals surface area contributed by atoms with Crippen LogP contribution in [0.15, 0.2) is 41.5 Å². The van der Waals surface area contributed by atoms with E-state index in [1.165, 1.54) is 5.56 Å². The highest BCUT2D eigenvalue weighted by atomic mass is 19.3. The van der Waals surface area contributed by atoms with Crippen molar-refractivity contribution < 1.29 is 18.3 Å². The van der Waals surface area contributed by atoms with Gasteiger partial charge < -0.3 is 9.64 Å². The van der Waals surface area contributed by atoms with E-state index in [0.29, 0.717) is 17.4 Å². The normalized spacial score (nSPS) is 20.7. The summed E-state index contributed by atoms with van der Waals surface area (Å²) in [7, 11) is 1.87. The summed E-state index contributed by atoms with van der Waals surface area (Å²) in [6.45, 7) is 3.15. The van der Waals surface area contributed by atoms with Crippen LogP contribution in [0, 0.1) is 11.8 Å². The quantitative estimate of drug-likeness (QED) is 0.354. The lowest BCUT2D eigenvalue weighted by Gasteiger charge is -2.28. The molecule has 0 N–H and O–H groups in total. The zero-order chi connectivity index (χ0) is 27.4. The zero-order valence-electron chi connectivity index (χ0n) is 22.8. The van der Waals surface area contributed by atoms with E-state index in [1.54, 1.807) is 10.7 Å². The maximum absolute atomic E-state index is 13.1. The number of hydrogen-bond acceptors (Lipinski definition) is 5. The first kappa shape index (κ1) is 27.4. The van der Waals surface area contributed by atoms with E-state index in [1.807, 2.05) is 43.7 Å². The van der Waals surface area contributed by atoms with Crippen molar-refractivity contribution in [2.24, 2.45) is 23.9 Å². The molecule has 3 aromatic rings. The number of carbonyl (C=O) groups excluding carboxylic acids is 1. The van der Waals surface area contributed by atoms with Crippen LogP contribution in [0.5, 0.6) is 5.88 Å². The summed E-state index contributed by atoms with van der Waals surface area (Å²) < 4.78 is 33.2. The minimum Gasteiger partial charge on any atom is -0.471 e. The minimum atomic E-state index is -2.87. The fourth-order valence-electron chi connectivity index (χ4n) is 5.62. The van der Waals surface area contributed by atoms with Crippen LogP contribution < -0.4 is 4.74 Å². The third-order valence-corrected chi connectivity index (χ3v) is 7.89. The predicted octanol–water partition coefficient (Wildman–Crippen LogP) is 5.51. The molecule has 0 radical (unpaired) electrons. The summed E-state index contributed by atoms with van der Waals surface area (Å²) in [6, 6.07) is 9.22. The lowest BCUT2D eigenvalue weighted by molar-refractivity contribution is -0.0243. The Kier molecular flexibility index (Phi) is 8.35. The molecule has 1 aliphatic heterocycles. The van der Waals surface area contributed by atoms with Gasteiger partial charge in [-0.3, -0.25) is 9.48 Å². The second kappa shape index (κ2) is 11.9. The van der Waals surface area contributed by atoms with Crippen molar-refractivity contribution in [3.63, 3.8) is 0 Å². The molecule has 1 aliphatic carbocycles. The Balaban J connectivity index is 1.04. The topological polar surface area (TPSA) is 72.6 Å². The molecule has 2 aromatic heterocycles. The summed E-state index contributed by atoms with van der Waals surface area (Å²) in [5, 5.41) is 5.39. The minimum absolute atomic E-state index is 0.205. The zero-order valence-corrected chi connectivity index (χ0v) is 22.8. The highest BCUT2D eigenvalue weighted by Crippen LogP contribution is 2.30. The molecule has 39 heavy (non-hydrogen) atoms. The van der Waals surface area contributed by atoms with E-state index >= 15 is 0 Å². The average molecular weight is 538 g/mol. The van der Waals surface area contributed by atoms with E-state index in [2.05, 4.69) is 20.0 Å². The van der Waals surface area contributed by atoms with Gasteiger partial charge in [0.05, 0.1) is 5.52 Å². The number of hydrogen-bond donors (Lipinski definition) is 0. The van der Waals surface area contributed by atoms with Crippen molar-refractivity contribution in [3.8, 4) is 5.88 Å². The number of alkyl halides is 2. The lowest BCUT2D eigenvalue weighted by atomic mass is 9.81. The average Bonchev–Trinajstić information content (AvgIpc) is 3.17. The number of amides is 1. The molecule has 9 heteroatoms. The van der Waals surface area contributed by atoms with Crippen LogP contribution in [0.3, 0.4) is 0 Å². The van der Waals surface area contributed by atoms with Crippen LogP contribution in [0.25, 0.3) is 10.9 Å². The van der Waals surface area contributed by atoms with Crippen LogP contribution in [0.4, 0.5) is 8.78 Å². The van der Waals surface area contributed by atoms with Gasteiger partial charge in [-0.1, -0.05) is 12.1 Å².